The van der Waals surface area contributed by atoms with Crippen molar-refractivity contribution in [2.45, 2.75) is 26.2 Å². The molecule has 0 aliphatic heterocycles. The van der Waals surface area contributed by atoms with Gasteiger partial charge in [0.2, 0.25) is 0 Å². The van der Waals surface area contributed by atoms with Crippen molar-refractivity contribution in [2.75, 3.05) is 0 Å². The van der Waals surface area contributed by atoms with Crippen LogP contribution in [0.2, 0.25) is 0 Å². The van der Waals surface area contributed by atoms with E-state index >= 15 is 0 Å². The van der Waals surface area contributed by atoms with Gasteiger partial charge in [0.15, 0.2) is 0 Å². The second-order valence-corrected chi connectivity index (χ2v) is 3.97. The number of carbonyl (C=O) groups is 1. The number of Topliss-reactive ketones (excluding diaryl/α,β-unsaturated/α-hetero) is 1. The highest BCUT2D eigenvalue weighted by molar-refractivity contribution is 5.82. The van der Waals surface area contributed by atoms with Crippen molar-refractivity contribution in [3.8, 4) is 0 Å². The highest BCUT2D eigenvalue weighted by Crippen LogP contribution is 2.47. The summed E-state index contributed by atoms with van der Waals surface area (Å²) in [5.74, 6) is 1.16. The van der Waals surface area contributed by atoms with E-state index in [1.165, 1.54) is 11.1 Å². The number of benzene rings is 1. The Hall–Kier alpha value is -1.11. The van der Waals surface area contributed by atoms with E-state index in [4.69, 9.17) is 0 Å². The van der Waals surface area contributed by atoms with E-state index in [0.717, 1.165) is 6.42 Å². The van der Waals surface area contributed by atoms with Gasteiger partial charge in [-0.1, -0.05) is 29.8 Å². The lowest BCUT2D eigenvalue weighted by Crippen LogP contribution is -1.94. The van der Waals surface area contributed by atoms with Gasteiger partial charge in [-0.15, -0.1) is 0 Å². The summed E-state index contributed by atoms with van der Waals surface area (Å²) in [6.45, 7) is 3.79. The third-order valence-electron chi connectivity index (χ3n) is 2.78. The van der Waals surface area contributed by atoms with Crippen LogP contribution >= 0.6 is 0 Å². The molecule has 1 saturated carbocycles. The zero-order chi connectivity index (χ0) is 9.42. The first-order valence-corrected chi connectivity index (χ1v) is 4.75. The largest absolute Gasteiger partial charge is 0.300 e. The Bertz CT molecular complexity index is 341. The van der Waals surface area contributed by atoms with Crippen molar-refractivity contribution in [3.05, 3.63) is 35.4 Å². The van der Waals surface area contributed by atoms with Crippen molar-refractivity contribution >= 4 is 5.78 Å². The highest BCUT2D eigenvalue weighted by Gasteiger charge is 2.41. The topological polar surface area (TPSA) is 17.1 Å². The predicted octanol–water partition coefficient (Wildman–Crippen LogP) is 2.69. The van der Waals surface area contributed by atoms with Gasteiger partial charge in [0.1, 0.15) is 5.78 Å². The Morgan fingerprint density at radius 3 is 2.77 bits per heavy atom. The molecule has 0 aromatic heterocycles. The average molecular weight is 174 g/mol. The van der Waals surface area contributed by atoms with Gasteiger partial charge < -0.3 is 0 Å². The first-order valence-electron chi connectivity index (χ1n) is 4.75. The molecule has 68 valence electrons. The molecule has 1 aromatic rings. The van der Waals surface area contributed by atoms with E-state index in [9.17, 15) is 4.79 Å². The standard InChI is InChI=1S/C12H14O/c1-8-4-3-5-10(6-8)12-7-11(12)9(2)13/h3-6,11-12H,7H2,1-2H3/t11-,12-/m0/s1. The molecule has 0 spiro atoms. The lowest BCUT2D eigenvalue weighted by Gasteiger charge is -1.99. The molecule has 1 heteroatoms. The fraction of sp³-hybridized carbons (Fsp3) is 0.417. The minimum Gasteiger partial charge on any atom is -0.300 e. The third kappa shape index (κ3) is 1.64. The molecule has 0 radical (unpaired) electrons. The van der Waals surface area contributed by atoms with Crippen molar-refractivity contribution in [1.82, 2.24) is 0 Å². The molecule has 1 aromatic carbocycles. The van der Waals surface area contributed by atoms with Crippen LogP contribution in [0.15, 0.2) is 24.3 Å². The van der Waals surface area contributed by atoms with E-state index in [1.54, 1.807) is 6.92 Å². The molecule has 0 unspecified atom stereocenters. The zero-order valence-corrected chi connectivity index (χ0v) is 8.08. The molecule has 1 fully saturated rings. The second-order valence-electron chi connectivity index (χ2n) is 3.97. The smallest absolute Gasteiger partial charge is 0.133 e. The number of rotatable bonds is 2. The van der Waals surface area contributed by atoms with Crippen LogP contribution in [0.25, 0.3) is 0 Å². The van der Waals surface area contributed by atoms with Gasteiger partial charge in [-0.25, -0.2) is 0 Å². The summed E-state index contributed by atoms with van der Waals surface area (Å²) in [6, 6.07) is 8.48. The molecule has 0 N–H and O–H groups in total. The lowest BCUT2D eigenvalue weighted by molar-refractivity contribution is -0.118. The molecule has 2 rings (SSSR count). The summed E-state index contributed by atoms with van der Waals surface area (Å²) in [6.07, 6.45) is 1.05. The van der Waals surface area contributed by atoms with Crippen LogP contribution in [0.5, 0.6) is 0 Å². The predicted molar refractivity (Wildman–Crippen MR) is 52.7 cm³/mol. The van der Waals surface area contributed by atoms with E-state index in [0.29, 0.717) is 17.6 Å². The summed E-state index contributed by atoms with van der Waals surface area (Å²) in [5.41, 5.74) is 2.62. The molecule has 1 nitrogen and oxygen atoms in total. The van der Waals surface area contributed by atoms with Gasteiger partial charge in [-0.3, -0.25) is 4.79 Å². The molecule has 2 atom stereocenters. The molecular formula is C12H14O. The lowest BCUT2D eigenvalue weighted by atomic mass is 10.1. The highest BCUT2D eigenvalue weighted by atomic mass is 16.1. The zero-order valence-electron chi connectivity index (χ0n) is 8.08. The van der Waals surface area contributed by atoms with Crippen molar-refractivity contribution in [1.29, 1.82) is 0 Å². The van der Waals surface area contributed by atoms with Gasteiger partial charge >= 0.3 is 0 Å². The van der Waals surface area contributed by atoms with Crippen LogP contribution in [-0.4, -0.2) is 5.78 Å². The van der Waals surface area contributed by atoms with E-state index in [-0.39, 0.29) is 0 Å². The van der Waals surface area contributed by atoms with Crippen molar-refractivity contribution in [3.63, 3.8) is 0 Å². The second kappa shape index (κ2) is 2.99. The van der Waals surface area contributed by atoms with Crippen LogP contribution in [0, 0.1) is 12.8 Å². The quantitative estimate of drug-likeness (QED) is 0.673. The normalized spacial score (nSPS) is 25.7. The first-order chi connectivity index (χ1) is 6.18. The fourth-order valence-electron chi connectivity index (χ4n) is 1.91. The maximum atomic E-state index is 11.1. The molecule has 0 heterocycles. The SMILES string of the molecule is CC(=O)[C@@H]1C[C@H]1c1cccc(C)c1. The molecule has 1 aliphatic carbocycles. The maximum Gasteiger partial charge on any atom is 0.133 e. The maximum absolute atomic E-state index is 11.1. The summed E-state index contributed by atoms with van der Waals surface area (Å²) in [4.78, 5) is 11.1. The number of hydrogen-bond acceptors (Lipinski definition) is 1. The average Bonchev–Trinajstić information content (AvgIpc) is 2.82. The summed E-state index contributed by atoms with van der Waals surface area (Å²) >= 11 is 0. The van der Waals surface area contributed by atoms with Gasteiger partial charge in [-0.05, 0) is 31.7 Å². The Balaban J connectivity index is 2.16. The van der Waals surface area contributed by atoms with E-state index < -0.39 is 0 Å². The van der Waals surface area contributed by atoms with Crippen molar-refractivity contribution in [2.24, 2.45) is 5.92 Å². The van der Waals surface area contributed by atoms with Gasteiger partial charge in [0.05, 0.1) is 0 Å². The fourth-order valence-corrected chi connectivity index (χ4v) is 1.91. The molecule has 1 aliphatic rings. The first kappa shape index (κ1) is 8.49. The minimum atomic E-state index is 0.307. The van der Waals surface area contributed by atoms with Gasteiger partial charge in [-0.2, -0.15) is 0 Å². The van der Waals surface area contributed by atoms with Crippen LogP contribution in [0.1, 0.15) is 30.4 Å². The molecule has 0 saturated heterocycles. The van der Waals surface area contributed by atoms with Gasteiger partial charge in [0, 0.05) is 5.92 Å². The van der Waals surface area contributed by atoms with Crippen molar-refractivity contribution < 1.29 is 4.79 Å². The summed E-state index contributed by atoms with van der Waals surface area (Å²) in [7, 11) is 0. The van der Waals surface area contributed by atoms with Crippen LogP contribution in [0.3, 0.4) is 0 Å². The van der Waals surface area contributed by atoms with Crippen LogP contribution in [-0.2, 0) is 4.79 Å². The van der Waals surface area contributed by atoms with E-state index in [1.807, 2.05) is 0 Å². The monoisotopic (exact) mass is 174 g/mol. The van der Waals surface area contributed by atoms with Crippen LogP contribution in [0.4, 0.5) is 0 Å². The third-order valence-corrected chi connectivity index (χ3v) is 2.78. The number of ketones is 1. The molecule has 0 amide bonds. The summed E-state index contributed by atoms with van der Waals surface area (Å²) < 4.78 is 0. The Morgan fingerprint density at radius 2 is 2.23 bits per heavy atom. The Labute approximate surface area is 78.8 Å². The number of carbonyl (C=O) groups excluding carboxylic acids is 1. The van der Waals surface area contributed by atoms with Gasteiger partial charge in [0.25, 0.3) is 0 Å². The Kier molecular flexibility index (Phi) is 1.95. The molecule has 0 bridgehead atoms. The molecule has 13 heavy (non-hydrogen) atoms. The molecular weight excluding hydrogens is 160 g/mol. The number of aryl methyl sites for hydroxylation is 1. The Morgan fingerprint density at radius 1 is 1.46 bits per heavy atom. The van der Waals surface area contributed by atoms with E-state index in [2.05, 4.69) is 31.2 Å². The number of hydrogen-bond donors (Lipinski definition) is 0. The van der Waals surface area contributed by atoms with Crippen LogP contribution < -0.4 is 0 Å². The summed E-state index contributed by atoms with van der Waals surface area (Å²) in [5, 5.41) is 0. The minimum absolute atomic E-state index is 0.307.